The fourth-order valence-electron chi connectivity index (χ4n) is 3.85. The first-order chi connectivity index (χ1) is 15.3. The van der Waals surface area contributed by atoms with Crippen LogP contribution in [-0.2, 0) is 21.2 Å². The Kier molecular flexibility index (Phi) is 7.79. The van der Waals surface area contributed by atoms with Crippen molar-refractivity contribution < 1.29 is 17.9 Å². The van der Waals surface area contributed by atoms with Gasteiger partial charge in [-0.25, -0.2) is 8.42 Å². The summed E-state index contributed by atoms with van der Waals surface area (Å²) in [4.78, 5) is 17.3. The lowest BCUT2D eigenvalue weighted by molar-refractivity contribution is -0.131. The average Bonchev–Trinajstić information content (AvgIpc) is 2.82. The third-order valence-corrected chi connectivity index (χ3v) is 7.77. The Morgan fingerprint density at radius 2 is 1.69 bits per heavy atom. The van der Waals surface area contributed by atoms with Crippen LogP contribution in [0.1, 0.15) is 25.0 Å². The topological polar surface area (TPSA) is 70.2 Å². The van der Waals surface area contributed by atoms with Gasteiger partial charge in [0.25, 0.3) is 10.0 Å². The van der Waals surface area contributed by atoms with Gasteiger partial charge in [-0.2, -0.15) is 0 Å². The minimum absolute atomic E-state index is 0.0585. The van der Waals surface area contributed by atoms with E-state index >= 15 is 0 Å². The van der Waals surface area contributed by atoms with E-state index in [1.807, 2.05) is 26.0 Å². The minimum Gasteiger partial charge on any atom is -0.495 e. The van der Waals surface area contributed by atoms with Gasteiger partial charge in [0.05, 0.1) is 12.8 Å². The van der Waals surface area contributed by atoms with Crippen LogP contribution in [0.2, 0.25) is 0 Å². The van der Waals surface area contributed by atoms with Crippen LogP contribution in [0.25, 0.3) is 0 Å². The number of carbonyl (C=O) groups is 1. The van der Waals surface area contributed by atoms with Gasteiger partial charge in [-0.05, 0) is 55.3 Å². The van der Waals surface area contributed by atoms with Crippen molar-refractivity contribution in [2.45, 2.75) is 32.1 Å². The molecule has 32 heavy (non-hydrogen) atoms. The molecule has 0 aromatic heterocycles. The quantitative estimate of drug-likeness (QED) is 0.607. The third-order valence-electron chi connectivity index (χ3n) is 5.97. The Hall–Kier alpha value is -2.58. The molecule has 1 aliphatic rings. The Labute approximate surface area is 191 Å². The summed E-state index contributed by atoms with van der Waals surface area (Å²) in [7, 11) is -2.59. The molecule has 1 amide bonds. The van der Waals surface area contributed by atoms with Crippen LogP contribution in [0.3, 0.4) is 0 Å². The van der Waals surface area contributed by atoms with Gasteiger partial charge in [-0.3, -0.25) is 9.10 Å². The van der Waals surface area contributed by atoms with Crippen molar-refractivity contribution in [1.29, 1.82) is 0 Å². The van der Waals surface area contributed by atoms with Gasteiger partial charge < -0.3 is 14.5 Å². The number of sulfonamides is 1. The van der Waals surface area contributed by atoms with Crippen LogP contribution in [0.5, 0.6) is 5.75 Å². The number of hydrogen-bond acceptors (Lipinski definition) is 5. The zero-order chi connectivity index (χ0) is 23.3. The van der Waals surface area contributed by atoms with E-state index in [1.165, 1.54) is 11.4 Å². The first kappa shape index (κ1) is 24.1. The molecule has 0 N–H and O–H groups in total. The summed E-state index contributed by atoms with van der Waals surface area (Å²) in [5.74, 6) is 0.0605. The normalized spacial score (nSPS) is 14.9. The number of methoxy groups -OCH3 is 1. The summed E-state index contributed by atoms with van der Waals surface area (Å²) < 4.78 is 34.2. The van der Waals surface area contributed by atoms with E-state index in [1.54, 1.807) is 35.2 Å². The summed E-state index contributed by atoms with van der Waals surface area (Å²) in [6, 6.07) is 12.4. The van der Waals surface area contributed by atoms with Gasteiger partial charge in [0.15, 0.2) is 0 Å². The highest BCUT2D eigenvalue weighted by atomic mass is 32.2. The van der Waals surface area contributed by atoms with Gasteiger partial charge in [-0.1, -0.05) is 32.0 Å². The van der Waals surface area contributed by atoms with E-state index in [0.717, 1.165) is 37.2 Å². The lowest BCUT2D eigenvalue weighted by atomic mass is 10.1. The van der Waals surface area contributed by atoms with Gasteiger partial charge in [0.1, 0.15) is 17.2 Å². The van der Waals surface area contributed by atoms with Gasteiger partial charge >= 0.3 is 0 Å². The number of nitrogens with zero attached hydrogens (tertiary/aromatic N) is 3. The fraction of sp³-hybridized carbons (Fsp3) is 0.458. The molecule has 0 aliphatic carbocycles. The second-order valence-corrected chi connectivity index (χ2v) is 9.83. The summed E-state index contributed by atoms with van der Waals surface area (Å²) in [6.07, 6.45) is 0.847. The van der Waals surface area contributed by atoms with Gasteiger partial charge in [0.2, 0.25) is 5.91 Å². The predicted octanol–water partition coefficient (Wildman–Crippen LogP) is 2.93. The highest BCUT2D eigenvalue weighted by Crippen LogP contribution is 2.31. The molecule has 0 radical (unpaired) electrons. The number of piperazine rings is 1. The molecule has 1 aliphatic heterocycles. The summed E-state index contributed by atoms with van der Waals surface area (Å²) in [5, 5.41) is 0. The van der Waals surface area contributed by atoms with Crippen LogP contribution in [0.15, 0.2) is 47.4 Å². The van der Waals surface area contributed by atoms with Crippen LogP contribution < -0.4 is 9.04 Å². The van der Waals surface area contributed by atoms with Crippen molar-refractivity contribution in [3.05, 3.63) is 53.6 Å². The molecule has 1 saturated heterocycles. The molecule has 3 rings (SSSR count). The zero-order valence-electron chi connectivity index (χ0n) is 19.4. The fourth-order valence-corrected chi connectivity index (χ4v) is 5.51. The number of hydrogen-bond donors (Lipinski definition) is 0. The van der Waals surface area contributed by atoms with Crippen molar-refractivity contribution in [2.75, 3.05) is 50.7 Å². The van der Waals surface area contributed by atoms with Gasteiger partial charge in [-0.15, -0.1) is 0 Å². The molecule has 2 aromatic rings. The van der Waals surface area contributed by atoms with Crippen molar-refractivity contribution in [3.63, 3.8) is 0 Å². The molecule has 174 valence electrons. The molecule has 0 atom stereocenters. The molecule has 2 aromatic carbocycles. The molecular formula is C24H33N3O4S. The monoisotopic (exact) mass is 459 g/mol. The van der Waals surface area contributed by atoms with E-state index in [0.29, 0.717) is 18.8 Å². The van der Waals surface area contributed by atoms with E-state index in [4.69, 9.17) is 4.74 Å². The average molecular weight is 460 g/mol. The van der Waals surface area contributed by atoms with E-state index in [2.05, 4.69) is 11.8 Å². The van der Waals surface area contributed by atoms with Crippen LogP contribution in [0.4, 0.5) is 5.69 Å². The number of aryl methyl sites for hydroxylation is 2. The van der Waals surface area contributed by atoms with Crippen LogP contribution in [-0.4, -0.2) is 70.5 Å². The van der Waals surface area contributed by atoms with Crippen molar-refractivity contribution in [3.8, 4) is 5.75 Å². The number of carbonyl (C=O) groups excluding carboxylic acids is 1. The molecule has 1 fully saturated rings. The maximum atomic E-state index is 13.8. The minimum atomic E-state index is -4.04. The summed E-state index contributed by atoms with van der Waals surface area (Å²) in [6.45, 7) is 9.46. The maximum absolute atomic E-state index is 13.8. The molecule has 0 bridgehead atoms. The van der Waals surface area contributed by atoms with Crippen molar-refractivity contribution >= 4 is 21.6 Å². The summed E-state index contributed by atoms with van der Waals surface area (Å²) >= 11 is 0. The maximum Gasteiger partial charge on any atom is 0.268 e. The Morgan fingerprint density at radius 1 is 1.03 bits per heavy atom. The van der Waals surface area contributed by atoms with E-state index in [-0.39, 0.29) is 23.1 Å². The summed E-state index contributed by atoms with van der Waals surface area (Å²) in [5.41, 5.74) is 2.36. The predicted molar refractivity (Wildman–Crippen MR) is 127 cm³/mol. The highest BCUT2D eigenvalue weighted by Gasteiger charge is 2.32. The van der Waals surface area contributed by atoms with E-state index < -0.39 is 10.0 Å². The van der Waals surface area contributed by atoms with Crippen molar-refractivity contribution in [2.24, 2.45) is 0 Å². The largest absolute Gasteiger partial charge is 0.495 e. The van der Waals surface area contributed by atoms with E-state index in [9.17, 15) is 13.2 Å². The van der Waals surface area contributed by atoms with Crippen LogP contribution >= 0.6 is 0 Å². The molecule has 0 unspecified atom stereocenters. The smallest absolute Gasteiger partial charge is 0.268 e. The third kappa shape index (κ3) is 5.24. The molecule has 7 nitrogen and oxygen atoms in total. The lowest BCUT2D eigenvalue weighted by Crippen LogP contribution is -2.51. The second-order valence-electron chi connectivity index (χ2n) is 8.00. The Balaban J connectivity index is 1.97. The second kappa shape index (κ2) is 10.4. The van der Waals surface area contributed by atoms with Crippen LogP contribution in [0, 0.1) is 6.92 Å². The number of benzene rings is 2. The number of ether oxygens (including phenoxy) is 1. The first-order valence-corrected chi connectivity index (χ1v) is 12.5. The molecule has 1 heterocycles. The number of amides is 1. The molecule has 0 spiro atoms. The van der Waals surface area contributed by atoms with Crippen molar-refractivity contribution in [1.82, 2.24) is 9.80 Å². The lowest BCUT2D eigenvalue weighted by Gasteiger charge is -2.35. The zero-order valence-corrected chi connectivity index (χ0v) is 20.2. The number of likely N-dealkylation sites (N-methyl/N-ethyl adjacent to an activating group) is 1. The number of rotatable bonds is 8. The molecular weight excluding hydrogens is 426 g/mol. The SMILES string of the molecule is CCc1ccc(N(CC(=O)N2CCN(CC)CC2)S(=O)(=O)c2cc(C)ccc2OC)cc1. The Bertz CT molecular complexity index is 1030. The first-order valence-electron chi connectivity index (χ1n) is 11.1. The Morgan fingerprint density at radius 3 is 2.25 bits per heavy atom. The highest BCUT2D eigenvalue weighted by molar-refractivity contribution is 7.93. The molecule has 0 saturated carbocycles. The number of anilines is 1. The molecule has 8 heteroatoms. The van der Waals surface area contributed by atoms with Gasteiger partial charge in [0, 0.05) is 26.2 Å². The standard InChI is InChI=1S/C24H33N3O4S/c1-5-20-8-10-21(11-9-20)27(18-24(28)26-15-13-25(6-2)14-16-26)32(29,30)23-17-19(3)7-12-22(23)31-4/h7-12,17H,5-6,13-16,18H2,1-4H3.